The molecule has 0 bridgehead atoms. The van der Waals surface area contributed by atoms with Crippen molar-refractivity contribution in [3.63, 3.8) is 0 Å². The fourth-order valence-electron chi connectivity index (χ4n) is 0.782. The first-order valence-corrected chi connectivity index (χ1v) is 4.78. The molecule has 0 aromatic heterocycles. The van der Waals surface area contributed by atoms with Crippen molar-refractivity contribution in [2.45, 2.75) is 38.5 Å². The van der Waals surface area contributed by atoms with Crippen molar-refractivity contribution in [1.29, 1.82) is 0 Å². The number of amides is 2. The van der Waals surface area contributed by atoms with Crippen molar-refractivity contribution in [3.05, 3.63) is 0 Å². The molecule has 8 heteroatoms. The van der Waals surface area contributed by atoms with Gasteiger partial charge >= 0.3 is 18.2 Å². The predicted octanol–water partition coefficient (Wildman–Crippen LogP) is 1.44. The first kappa shape index (κ1) is 15.5. The molecule has 0 radical (unpaired) electrons. The summed E-state index contributed by atoms with van der Waals surface area (Å²) >= 11 is 0. The van der Waals surface area contributed by atoms with Crippen LogP contribution in [-0.4, -0.2) is 46.8 Å². The molecule has 0 spiro atoms. The molecular weight excluding hydrogens is 241 g/mol. The Morgan fingerprint density at radius 3 is 1.94 bits per heavy atom. The molecule has 5 nitrogen and oxygen atoms in total. The number of carboxylic acid groups (broad SMARTS) is 1. The first-order chi connectivity index (χ1) is 7.43. The van der Waals surface area contributed by atoms with Gasteiger partial charge in [0.05, 0.1) is 0 Å². The SMILES string of the molecule is CC(C)N(C)C(=O)NC(C)(C(=O)O)C(F)(F)F. The van der Waals surface area contributed by atoms with E-state index < -0.39 is 23.7 Å². The van der Waals surface area contributed by atoms with Gasteiger partial charge in [0.25, 0.3) is 0 Å². The number of hydrogen-bond acceptors (Lipinski definition) is 2. The minimum atomic E-state index is -5.08. The number of urea groups is 1. The van der Waals surface area contributed by atoms with Crippen molar-refractivity contribution in [2.75, 3.05) is 7.05 Å². The molecule has 0 saturated heterocycles. The summed E-state index contributed by atoms with van der Waals surface area (Å²) in [5.74, 6) is -2.16. The lowest BCUT2D eigenvalue weighted by Crippen LogP contribution is -2.64. The average molecular weight is 256 g/mol. The highest BCUT2D eigenvalue weighted by atomic mass is 19.4. The van der Waals surface area contributed by atoms with Crippen LogP contribution in [0.15, 0.2) is 0 Å². The zero-order valence-electron chi connectivity index (χ0n) is 9.92. The van der Waals surface area contributed by atoms with Crippen LogP contribution in [0.4, 0.5) is 18.0 Å². The van der Waals surface area contributed by atoms with E-state index in [1.54, 1.807) is 13.8 Å². The molecule has 0 fully saturated rings. The number of rotatable bonds is 3. The Morgan fingerprint density at radius 2 is 1.71 bits per heavy atom. The van der Waals surface area contributed by atoms with E-state index >= 15 is 0 Å². The molecule has 0 aliphatic carbocycles. The fraction of sp³-hybridized carbons (Fsp3) is 0.778. The molecule has 0 aromatic rings. The Hall–Kier alpha value is -1.47. The normalized spacial score (nSPS) is 15.3. The second-order valence-corrected chi connectivity index (χ2v) is 4.06. The molecule has 0 saturated carbocycles. The van der Waals surface area contributed by atoms with Crippen molar-refractivity contribution < 1.29 is 27.9 Å². The van der Waals surface area contributed by atoms with E-state index in [0.717, 1.165) is 4.90 Å². The van der Waals surface area contributed by atoms with Crippen molar-refractivity contribution >= 4 is 12.0 Å². The Kier molecular flexibility index (Phi) is 4.39. The van der Waals surface area contributed by atoms with Crippen LogP contribution in [0, 0.1) is 0 Å². The van der Waals surface area contributed by atoms with E-state index in [1.807, 2.05) is 0 Å². The van der Waals surface area contributed by atoms with Crippen molar-refractivity contribution in [2.24, 2.45) is 0 Å². The van der Waals surface area contributed by atoms with Crippen molar-refractivity contribution in [3.8, 4) is 0 Å². The molecule has 0 rings (SSSR count). The topological polar surface area (TPSA) is 69.6 Å². The summed E-state index contributed by atoms with van der Waals surface area (Å²) in [6.07, 6.45) is -5.08. The summed E-state index contributed by atoms with van der Waals surface area (Å²) in [7, 11) is 1.28. The summed E-state index contributed by atoms with van der Waals surface area (Å²) in [5.41, 5.74) is -3.30. The molecule has 17 heavy (non-hydrogen) atoms. The molecule has 1 atom stereocenters. The fourth-order valence-corrected chi connectivity index (χ4v) is 0.782. The third-order valence-corrected chi connectivity index (χ3v) is 2.45. The number of nitrogens with one attached hydrogen (secondary N) is 1. The molecule has 2 amide bonds. The molecule has 0 aliphatic heterocycles. The Morgan fingerprint density at radius 1 is 1.29 bits per heavy atom. The summed E-state index contributed by atoms with van der Waals surface area (Å²) in [6.45, 7) is 3.58. The summed E-state index contributed by atoms with van der Waals surface area (Å²) in [5, 5.41) is 10.1. The van der Waals surface area contributed by atoms with Gasteiger partial charge in [-0.15, -0.1) is 0 Å². The summed E-state index contributed by atoms with van der Waals surface area (Å²) in [4.78, 5) is 23.0. The van der Waals surface area contributed by atoms with Gasteiger partial charge in [-0.1, -0.05) is 0 Å². The lowest BCUT2D eigenvalue weighted by molar-refractivity contribution is -0.203. The van der Waals surface area contributed by atoms with Crippen LogP contribution in [0.1, 0.15) is 20.8 Å². The zero-order chi connectivity index (χ0) is 14.0. The largest absolute Gasteiger partial charge is 0.479 e. The number of alkyl halides is 3. The third-order valence-electron chi connectivity index (χ3n) is 2.45. The van der Waals surface area contributed by atoms with Crippen LogP contribution in [0.5, 0.6) is 0 Å². The molecule has 0 aromatic carbocycles. The maximum atomic E-state index is 12.6. The van der Waals surface area contributed by atoms with Gasteiger partial charge in [0.1, 0.15) is 0 Å². The van der Waals surface area contributed by atoms with Crippen LogP contribution in [-0.2, 0) is 4.79 Å². The Bertz CT molecular complexity index is 317. The number of halogens is 3. The van der Waals surface area contributed by atoms with Gasteiger partial charge in [-0.05, 0) is 20.8 Å². The van der Waals surface area contributed by atoms with E-state index in [4.69, 9.17) is 5.11 Å². The van der Waals surface area contributed by atoms with Gasteiger partial charge in [-0.2, -0.15) is 13.2 Å². The average Bonchev–Trinajstić information content (AvgIpc) is 2.13. The van der Waals surface area contributed by atoms with Gasteiger partial charge < -0.3 is 15.3 Å². The lowest BCUT2D eigenvalue weighted by Gasteiger charge is -2.31. The quantitative estimate of drug-likeness (QED) is 0.802. The number of carboxylic acids is 1. The van der Waals surface area contributed by atoms with E-state index in [1.165, 1.54) is 12.4 Å². The Labute approximate surface area is 96.6 Å². The molecule has 0 heterocycles. The molecule has 0 aliphatic rings. The molecule has 1 unspecified atom stereocenters. The second kappa shape index (κ2) is 4.80. The number of nitrogens with zero attached hydrogens (tertiary/aromatic N) is 1. The monoisotopic (exact) mass is 256 g/mol. The number of aliphatic carboxylic acids is 1. The maximum Gasteiger partial charge on any atom is 0.422 e. The minimum absolute atomic E-state index is 0.346. The van der Waals surface area contributed by atoms with Crippen LogP contribution in [0.3, 0.4) is 0 Å². The Balaban J connectivity index is 5.05. The highest BCUT2D eigenvalue weighted by Crippen LogP contribution is 2.30. The van der Waals surface area contributed by atoms with Crippen LogP contribution < -0.4 is 5.32 Å². The first-order valence-electron chi connectivity index (χ1n) is 4.78. The van der Waals surface area contributed by atoms with Crippen LogP contribution >= 0.6 is 0 Å². The van der Waals surface area contributed by atoms with Gasteiger partial charge in [-0.25, -0.2) is 9.59 Å². The number of hydrogen-bond donors (Lipinski definition) is 2. The molecular formula is C9H15F3N2O3. The molecule has 100 valence electrons. The van der Waals surface area contributed by atoms with Gasteiger partial charge in [-0.3, -0.25) is 0 Å². The number of carbonyl (C=O) groups is 2. The zero-order valence-corrected chi connectivity index (χ0v) is 9.92. The summed E-state index contributed by atoms with van der Waals surface area (Å²) < 4.78 is 37.7. The standard InChI is InChI=1S/C9H15F3N2O3/c1-5(2)14(4)7(17)13-8(3,6(15)16)9(10,11)12/h5H,1-4H3,(H,13,17)(H,15,16). The minimum Gasteiger partial charge on any atom is -0.479 e. The predicted molar refractivity (Wildman–Crippen MR) is 53.5 cm³/mol. The van der Waals surface area contributed by atoms with Crippen LogP contribution in [0.25, 0.3) is 0 Å². The summed E-state index contributed by atoms with van der Waals surface area (Å²) in [6, 6.07) is -1.44. The van der Waals surface area contributed by atoms with Gasteiger partial charge in [0, 0.05) is 13.1 Å². The van der Waals surface area contributed by atoms with Crippen molar-refractivity contribution in [1.82, 2.24) is 10.2 Å². The van der Waals surface area contributed by atoms with E-state index in [2.05, 4.69) is 0 Å². The smallest absolute Gasteiger partial charge is 0.422 e. The van der Waals surface area contributed by atoms with E-state index in [9.17, 15) is 22.8 Å². The van der Waals surface area contributed by atoms with Crippen LogP contribution in [0.2, 0.25) is 0 Å². The number of carbonyl (C=O) groups excluding carboxylic acids is 1. The lowest BCUT2D eigenvalue weighted by atomic mass is 10.0. The van der Waals surface area contributed by atoms with E-state index in [0.29, 0.717) is 6.92 Å². The molecule has 2 N–H and O–H groups in total. The van der Waals surface area contributed by atoms with Gasteiger partial charge in [0.15, 0.2) is 0 Å². The van der Waals surface area contributed by atoms with Gasteiger partial charge in [0.2, 0.25) is 5.54 Å². The highest BCUT2D eigenvalue weighted by Gasteiger charge is 2.58. The third kappa shape index (κ3) is 3.24. The maximum absolute atomic E-state index is 12.6. The second-order valence-electron chi connectivity index (χ2n) is 4.06. The van der Waals surface area contributed by atoms with E-state index in [-0.39, 0.29) is 6.04 Å². The highest BCUT2D eigenvalue weighted by molar-refractivity contribution is 5.86.